The van der Waals surface area contributed by atoms with Crippen LogP contribution in [0.4, 0.5) is 11.4 Å². The molecule has 2 rings (SSSR count). The molecule has 0 aliphatic heterocycles. The Morgan fingerprint density at radius 3 is 2.78 bits per heavy atom. The molecule has 0 aliphatic carbocycles. The van der Waals surface area contributed by atoms with Crippen LogP contribution < -0.4 is 11.1 Å². The minimum Gasteiger partial charge on any atom is -0.398 e. The predicted octanol–water partition coefficient (Wildman–Crippen LogP) is 2.88. The van der Waals surface area contributed by atoms with E-state index >= 15 is 0 Å². The summed E-state index contributed by atoms with van der Waals surface area (Å²) in [5.74, 6) is -0.307. The number of rotatable bonds is 2. The standard InChI is InChI=1S/C13H12ClN3O/c1-8-5-6-9(7-16-8)17-13(18)10-3-2-4-11(15)12(10)14/h2-7H,15H2,1H3,(H,17,18). The molecule has 0 saturated heterocycles. The molecule has 0 spiro atoms. The number of hydrogen-bond acceptors (Lipinski definition) is 3. The van der Waals surface area contributed by atoms with Gasteiger partial charge in [0.25, 0.3) is 5.91 Å². The fourth-order valence-electron chi connectivity index (χ4n) is 1.47. The highest BCUT2D eigenvalue weighted by Crippen LogP contribution is 2.23. The summed E-state index contributed by atoms with van der Waals surface area (Å²) in [5, 5.41) is 2.97. The monoisotopic (exact) mass is 261 g/mol. The van der Waals surface area contributed by atoms with Crippen LogP contribution in [0.1, 0.15) is 16.1 Å². The number of nitrogens with zero attached hydrogens (tertiary/aromatic N) is 1. The Labute approximate surface area is 110 Å². The predicted molar refractivity (Wildman–Crippen MR) is 72.8 cm³/mol. The normalized spacial score (nSPS) is 10.1. The molecule has 1 heterocycles. The van der Waals surface area contributed by atoms with E-state index in [9.17, 15) is 4.79 Å². The van der Waals surface area contributed by atoms with Crippen molar-refractivity contribution in [3.8, 4) is 0 Å². The van der Waals surface area contributed by atoms with Crippen LogP contribution in [0, 0.1) is 6.92 Å². The van der Waals surface area contributed by atoms with Crippen LogP contribution in [0.2, 0.25) is 5.02 Å². The van der Waals surface area contributed by atoms with Gasteiger partial charge in [0.1, 0.15) is 0 Å². The number of benzene rings is 1. The molecule has 92 valence electrons. The third-order valence-electron chi connectivity index (χ3n) is 2.44. The van der Waals surface area contributed by atoms with Crippen molar-refractivity contribution in [1.29, 1.82) is 0 Å². The van der Waals surface area contributed by atoms with E-state index in [2.05, 4.69) is 10.3 Å². The molecule has 1 amide bonds. The molecule has 0 fully saturated rings. The van der Waals surface area contributed by atoms with Crippen LogP contribution in [-0.2, 0) is 0 Å². The van der Waals surface area contributed by atoms with Gasteiger partial charge in [-0.3, -0.25) is 9.78 Å². The van der Waals surface area contributed by atoms with Gasteiger partial charge in [-0.15, -0.1) is 0 Å². The second-order valence-corrected chi connectivity index (χ2v) is 4.23. The molecule has 0 bridgehead atoms. The van der Waals surface area contributed by atoms with Gasteiger partial charge < -0.3 is 11.1 Å². The SMILES string of the molecule is Cc1ccc(NC(=O)c2cccc(N)c2Cl)cn1. The molecule has 18 heavy (non-hydrogen) atoms. The largest absolute Gasteiger partial charge is 0.398 e. The third kappa shape index (κ3) is 2.60. The van der Waals surface area contributed by atoms with Gasteiger partial charge in [0.05, 0.1) is 28.2 Å². The van der Waals surface area contributed by atoms with E-state index in [0.717, 1.165) is 5.69 Å². The van der Waals surface area contributed by atoms with Crippen molar-refractivity contribution in [3.63, 3.8) is 0 Å². The van der Waals surface area contributed by atoms with Crippen LogP contribution in [0.25, 0.3) is 0 Å². The molecule has 0 atom stereocenters. The minimum absolute atomic E-state index is 0.259. The molecule has 0 aliphatic rings. The van der Waals surface area contributed by atoms with Gasteiger partial charge in [-0.1, -0.05) is 17.7 Å². The number of halogens is 1. The van der Waals surface area contributed by atoms with E-state index in [1.54, 1.807) is 30.5 Å². The van der Waals surface area contributed by atoms with Gasteiger partial charge in [-0.2, -0.15) is 0 Å². The Bertz CT molecular complexity index is 581. The minimum atomic E-state index is -0.307. The number of nitrogens with one attached hydrogen (secondary N) is 1. The lowest BCUT2D eigenvalue weighted by Gasteiger charge is -2.07. The van der Waals surface area contributed by atoms with E-state index in [4.69, 9.17) is 17.3 Å². The molecule has 3 N–H and O–H groups in total. The molecule has 1 aromatic heterocycles. The van der Waals surface area contributed by atoms with E-state index in [-0.39, 0.29) is 10.9 Å². The smallest absolute Gasteiger partial charge is 0.257 e. The number of nitrogen functional groups attached to an aromatic ring is 1. The van der Waals surface area contributed by atoms with Crippen molar-refractivity contribution in [1.82, 2.24) is 4.98 Å². The van der Waals surface area contributed by atoms with Gasteiger partial charge in [0, 0.05) is 5.69 Å². The summed E-state index contributed by atoms with van der Waals surface area (Å²) < 4.78 is 0. The average Bonchev–Trinajstić information content (AvgIpc) is 2.35. The molecule has 4 nitrogen and oxygen atoms in total. The molecular weight excluding hydrogens is 250 g/mol. The van der Waals surface area contributed by atoms with Gasteiger partial charge >= 0.3 is 0 Å². The zero-order chi connectivity index (χ0) is 13.1. The van der Waals surface area contributed by atoms with E-state index in [1.807, 2.05) is 13.0 Å². The number of nitrogens with two attached hydrogens (primary N) is 1. The first kappa shape index (κ1) is 12.4. The van der Waals surface area contributed by atoms with Crippen molar-refractivity contribution >= 4 is 28.9 Å². The summed E-state index contributed by atoms with van der Waals surface area (Å²) in [6.07, 6.45) is 1.59. The van der Waals surface area contributed by atoms with Crippen molar-refractivity contribution < 1.29 is 4.79 Å². The number of anilines is 2. The Hall–Kier alpha value is -2.07. The number of aromatic nitrogens is 1. The van der Waals surface area contributed by atoms with Crippen molar-refractivity contribution in [2.24, 2.45) is 0 Å². The Kier molecular flexibility index (Phi) is 3.48. The van der Waals surface area contributed by atoms with Gasteiger partial charge in [-0.05, 0) is 31.2 Å². The topological polar surface area (TPSA) is 68.0 Å². The lowest BCUT2D eigenvalue weighted by molar-refractivity contribution is 0.102. The fourth-order valence-corrected chi connectivity index (χ4v) is 1.68. The van der Waals surface area contributed by atoms with Crippen LogP contribution in [0.15, 0.2) is 36.5 Å². The van der Waals surface area contributed by atoms with E-state index in [0.29, 0.717) is 16.9 Å². The molecule has 0 radical (unpaired) electrons. The lowest BCUT2D eigenvalue weighted by Crippen LogP contribution is -2.13. The summed E-state index contributed by atoms with van der Waals surface area (Å²) >= 11 is 5.98. The second-order valence-electron chi connectivity index (χ2n) is 3.85. The van der Waals surface area contributed by atoms with Crippen molar-refractivity contribution in [3.05, 3.63) is 52.8 Å². The first-order valence-corrected chi connectivity index (χ1v) is 5.73. The van der Waals surface area contributed by atoms with E-state index in [1.165, 1.54) is 0 Å². The highest BCUT2D eigenvalue weighted by molar-refractivity contribution is 6.36. The first-order valence-electron chi connectivity index (χ1n) is 5.36. The zero-order valence-corrected chi connectivity index (χ0v) is 10.5. The molecule has 1 aromatic carbocycles. The quantitative estimate of drug-likeness (QED) is 0.817. The number of pyridine rings is 1. The average molecular weight is 262 g/mol. The van der Waals surface area contributed by atoms with Crippen LogP contribution in [0.3, 0.4) is 0 Å². The highest BCUT2D eigenvalue weighted by Gasteiger charge is 2.12. The number of amides is 1. The number of aryl methyl sites for hydroxylation is 1. The maximum Gasteiger partial charge on any atom is 0.257 e. The van der Waals surface area contributed by atoms with Crippen LogP contribution >= 0.6 is 11.6 Å². The number of hydrogen-bond donors (Lipinski definition) is 2. The summed E-state index contributed by atoms with van der Waals surface area (Å²) in [6.45, 7) is 1.88. The Morgan fingerprint density at radius 1 is 1.33 bits per heavy atom. The van der Waals surface area contributed by atoms with Crippen molar-refractivity contribution in [2.45, 2.75) is 6.92 Å². The summed E-state index contributed by atoms with van der Waals surface area (Å²) in [7, 11) is 0. The summed E-state index contributed by atoms with van der Waals surface area (Å²) in [4.78, 5) is 16.1. The Morgan fingerprint density at radius 2 is 2.11 bits per heavy atom. The highest BCUT2D eigenvalue weighted by atomic mass is 35.5. The Balaban J connectivity index is 2.22. The van der Waals surface area contributed by atoms with Crippen LogP contribution in [-0.4, -0.2) is 10.9 Å². The molecule has 5 heteroatoms. The fraction of sp³-hybridized carbons (Fsp3) is 0.0769. The van der Waals surface area contributed by atoms with Gasteiger partial charge in [0.2, 0.25) is 0 Å². The first-order chi connectivity index (χ1) is 8.58. The molecule has 0 saturated carbocycles. The van der Waals surface area contributed by atoms with Crippen molar-refractivity contribution in [2.75, 3.05) is 11.1 Å². The van der Waals surface area contributed by atoms with Crippen LogP contribution in [0.5, 0.6) is 0 Å². The molecular formula is C13H12ClN3O. The van der Waals surface area contributed by atoms with E-state index < -0.39 is 0 Å². The second kappa shape index (κ2) is 5.06. The van der Waals surface area contributed by atoms with Gasteiger partial charge in [-0.25, -0.2) is 0 Å². The number of carbonyl (C=O) groups excluding carboxylic acids is 1. The lowest BCUT2D eigenvalue weighted by atomic mass is 10.2. The summed E-state index contributed by atoms with van der Waals surface area (Å²) in [6, 6.07) is 8.54. The van der Waals surface area contributed by atoms with Gasteiger partial charge in [0.15, 0.2) is 0 Å². The third-order valence-corrected chi connectivity index (χ3v) is 2.86. The maximum absolute atomic E-state index is 12.0. The maximum atomic E-state index is 12.0. The molecule has 2 aromatic rings. The number of carbonyl (C=O) groups is 1. The zero-order valence-electron chi connectivity index (χ0n) is 9.77. The summed E-state index contributed by atoms with van der Waals surface area (Å²) in [5.41, 5.74) is 7.87. The molecule has 0 unspecified atom stereocenters.